The van der Waals surface area contributed by atoms with Gasteiger partial charge in [0, 0.05) is 19.1 Å². The molecule has 3 N–H and O–H groups in total. The quantitative estimate of drug-likeness (QED) is 0.552. The van der Waals surface area contributed by atoms with Gasteiger partial charge in [-0.1, -0.05) is 0 Å². The number of nitrogens with zero attached hydrogens (tertiary/aromatic N) is 1. The van der Waals surface area contributed by atoms with E-state index in [0.717, 1.165) is 6.54 Å². The summed E-state index contributed by atoms with van der Waals surface area (Å²) in [5.41, 5.74) is 5.51. The Bertz CT molecular complexity index is 191. The van der Waals surface area contributed by atoms with Crippen LogP contribution in [0, 0.1) is 0 Å². The van der Waals surface area contributed by atoms with Crippen molar-refractivity contribution in [2.24, 2.45) is 5.73 Å². The van der Waals surface area contributed by atoms with Crippen molar-refractivity contribution in [1.29, 1.82) is 0 Å². The highest BCUT2D eigenvalue weighted by molar-refractivity contribution is 5.79. The minimum atomic E-state index is 0.128. The normalized spacial score (nSPS) is 31.8. The summed E-state index contributed by atoms with van der Waals surface area (Å²) in [6.45, 7) is 2.06. The molecule has 0 spiro atoms. The van der Waals surface area contributed by atoms with Gasteiger partial charge in [0.25, 0.3) is 0 Å². The summed E-state index contributed by atoms with van der Waals surface area (Å²) >= 11 is 0. The molecule has 12 heavy (non-hydrogen) atoms. The fourth-order valence-electron chi connectivity index (χ4n) is 1.70. The first-order valence-corrected chi connectivity index (χ1v) is 4.53. The van der Waals surface area contributed by atoms with Gasteiger partial charge in [-0.3, -0.25) is 9.69 Å². The van der Waals surface area contributed by atoms with E-state index in [2.05, 4.69) is 10.2 Å². The van der Waals surface area contributed by atoms with Crippen molar-refractivity contribution < 1.29 is 4.79 Å². The minimum Gasteiger partial charge on any atom is -0.350 e. The molecule has 0 aromatic heterocycles. The van der Waals surface area contributed by atoms with Gasteiger partial charge in [0.05, 0.1) is 12.6 Å². The largest absolute Gasteiger partial charge is 0.350 e. The fraction of sp³-hybridized carbons (Fsp3) is 0.875. The van der Waals surface area contributed by atoms with Crippen LogP contribution in [-0.2, 0) is 4.79 Å². The zero-order valence-electron chi connectivity index (χ0n) is 7.12. The summed E-state index contributed by atoms with van der Waals surface area (Å²) in [6.07, 6.45) is 2.51. The maximum absolute atomic E-state index is 11.2. The smallest absolute Gasteiger partial charge is 0.234 e. The van der Waals surface area contributed by atoms with Crippen LogP contribution in [0.2, 0.25) is 0 Å². The number of rotatable bonds is 2. The lowest BCUT2D eigenvalue weighted by atomic mass is 10.2. The summed E-state index contributed by atoms with van der Waals surface area (Å²) in [7, 11) is 0. The predicted molar refractivity (Wildman–Crippen MR) is 45.6 cm³/mol. The Kier molecular flexibility index (Phi) is 2.02. The predicted octanol–water partition coefficient (Wildman–Crippen LogP) is -1.09. The molecule has 1 amide bonds. The van der Waals surface area contributed by atoms with Crippen molar-refractivity contribution in [2.45, 2.75) is 24.9 Å². The first-order valence-electron chi connectivity index (χ1n) is 4.53. The number of nitrogens with one attached hydrogen (secondary N) is 1. The highest BCUT2D eigenvalue weighted by atomic mass is 16.2. The Morgan fingerprint density at radius 1 is 1.58 bits per heavy atom. The van der Waals surface area contributed by atoms with Crippen LogP contribution >= 0.6 is 0 Å². The third kappa shape index (κ3) is 1.59. The molecule has 4 heteroatoms. The van der Waals surface area contributed by atoms with Crippen LogP contribution in [0.25, 0.3) is 0 Å². The van der Waals surface area contributed by atoms with E-state index in [1.807, 2.05) is 0 Å². The number of amides is 1. The Morgan fingerprint density at radius 3 is 2.92 bits per heavy atom. The molecule has 1 atom stereocenters. The van der Waals surface area contributed by atoms with E-state index in [4.69, 9.17) is 5.73 Å². The van der Waals surface area contributed by atoms with Crippen LogP contribution in [0.15, 0.2) is 0 Å². The van der Waals surface area contributed by atoms with Crippen molar-refractivity contribution in [3.05, 3.63) is 0 Å². The third-order valence-corrected chi connectivity index (χ3v) is 2.51. The van der Waals surface area contributed by atoms with E-state index in [0.29, 0.717) is 19.1 Å². The zero-order chi connectivity index (χ0) is 8.55. The molecule has 1 unspecified atom stereocenters. The van der Waals surface area contributed by atoms with Gasteiger partial charge in [0.1, 0.15) is 0 Å². The van der Waals surface area contributed by atoms with Crippen LogP contribution < -0.4 is 11.1 Å². The Hall–Kier alpha value is -0.610. The van der Waals surface area contributed by atoms with E-state index in [9.17, 15) is 4.79 Å². The molecule has 1 aliphatic heterocycles. The average Bonchev–Trinajstić information content (AvgIpc) is 2.85. The van der Waals surface area contributed by atoms with Crippen LogP contribution in [0.1, 0.15) is 12.8 Å². The van der Waals surface area contributed by atoms with Gasteiger partial charge in [-0.2, -0.15) is 0 Å². The molecule has 1 saturated carbocycles. The highest BCUT2D eigenvalue weighted by Gasteiger charge is 2.34. The summed E-state index contributed by atoms with van der Waals surface area (Å²) in [4.78, 5) is 13.4. The summed E-state index contributed by atoms with van der Waals surface area (Å²) in [5.74, 6) is 0.128. The van der Waals surface area contributed by atoms with E-state index < -0.39 is 0 Å². The standard InChI is InChI=1S/C8H15N3O/c9-3-6-4-11(7-1-2-7)5-8(12)10-6/h6-7H,1-5,9H2,(H,10,12). The SMILES string of the molecule is NCC1CN(C2CC2)CC(=O)N1. The molecule has 2 aliphatic rings. The maximum atomic E-state index is 11.2. The molecule has 0 aromatic carbocycles. The van der Waals surface area contributed by atoms with Crippen molar-refractivity contribution in [3.8, 4) is 0 Å². The van der Waals surface area contributed by atoms with Gasteiger partial charge in [0.2, 0.25) is 5.91 Å². The highest BCUT2D eigenvalue weighted by Crippen LogP contribution is 2.27. The van der Waals surface area contributed by atoms with Gasteiger partial charge in [-0.15, -0.1) is 0 Å². The number of carbonyl (C=O) groups excluding carboxylic acids is 1. The average molecular weight is 169 g/mol. The first-order chi connectivity index (χ1) is 5.79. The maximum Gasteiger partial charge on any atom is 0.234 e. The molecule has 2 rings (SSSR count). The van der Waals surface area contributed by atoms with Gasteiger partial charge >= 0.3 is 0 Å². The summed E-state index contributed by atoms with van der Waals surface area (Å²) in [5, 5.41) is 2.87. The van der Waals surface area contributed by atoms with Gasteiger partial charge in [0.15, 0.2) is 0 Å². The van der Waals surface area contributed by atoms with Crippen molar-refractivity contribution in [2.75, 3.05) is 19.6 Å². The van der Waals surface area contributed by atoms with Crippen molar-refractivity contribution in [1.82, 2.24) is 10.2 Å². The van der Waals surface area contributed by atoms with E-state index in [1.54, 1.807) is 0 Å². The Balaban J connectivity index is 1.93. The number of hydrogen-bond donors (Lipinski definition) is 2. The second-order valence-corrected chi connectivity index (χ2v) is 3.66. The van der Waals surface area contributed by atoms with Crippen LogP contribution in [0.3, 0.4) is 0 Å². The summed E-state index contributed by atoms with van der Waals surface area (Å²) in [6, 6.07) is 0.844. The second kappa shape index (κ2) is 3.03. The van der Waals surface area contributed by atoms with Crippen LogP contribution in [-0.4, -0.2) is 42.5 Å². The summed E-state index contributed by atoms with van der Waals surface area (Å²) < 4.78 is 0. The van der Waals surface area contributed by atoms with Gasteiger partial charge < -0.3 is 11.1 Å². The molecule has 1 heterocycles. The number of carbonyl (C=O) groups is 1. The molecule has 0 bridgehead atoms. The lowest BCUT2D eigenvalue weighted by molar-refractivity contribution is -0.125. The minimum absolute atomic E-state index is 0.128. The Labute approximate surface area is 72.1 Å². The van der Waals surface area contributed by atoms with Gasteiger partial charge in [-0.25, -0.2) is 0 Å². The molecule has 4 nitrogen and oxygen atoms in total. The molecule has 1 aliphatic carbocycles. The zero-order valence-corrected chi connectivity index (χ0v) is 7.12. The van der Waals surface area contributed by atoms with E-state index >= 15 is 0 Å². The topological polar surface area (TPSA) is 58.4 Å². The second-order valence-electron chi connectivity index (χ2n) is 3.66. The molecular formula is C8H15N3O. The van der Waals surface area contributed by atoms with Gasteiger partial charge in [-0.05, 0) is 12.8 Å². The van der Waals surface area contributed by atoms with E-state index in [1.165, 1.54) is 12.8 Å². The first kappa shape index (κ1) is 8.01. The molecule has 2 fully saturated rings. The van der Waals surface area contributed by atoms with E-state index in [-0.39, 0.29) is 11.9 Å². The Morgan fingerprint density at radius 2 is 2.33 bits per heavy atom. The lowest BCUT2D eigenvalue weighted by Gasteiger charge is -2.32. The van der Waals surface area contributed by atoms with Crippen LogP contribution in [0.4, 0.5) is 0 Å². The number of piperazine rings is 1. The number of nitrogens with two attached hydrogens (primary N) is 1. The molecular weight excluding hydrogens is 154 g/mol. The molecule has 68 valence electrons. The monoisotopic (exact) mass is 169 g/mol. The van der Waals surface area contributed by atoms with Crippen LogP contribution in [0.5, 0.6) is 0 Å². The third-order valence-electron chi connectivity index (χ3n) is 2.51. The fourth-order valence-corrected chi connectivity index (χ4v) is 1.70. The molecule has 1 saturated heterocycles. The van der Waals surface area contributed by atoms with Crippen molar-refractivity contribution in [3.63, 3.8) is 0 Å². The number of hydrogen-bond acceptors (Lipinski definition) is 3. The van der Waals surface area contributed by atoms with Crippen molar-refractivity contribution >= 4 is 5.91 Å². The lowest BCUT2D eigenvalue weighted by Crippen LogP contribution is -2.57. The molecule has 0 radical (unpaired) electrons. The molecule has 0 aromatic rings.